The molecule has 2 N–H and O–H groups in total. The average Bonchev–Trinajstić information content (AvgIpc) is 2.71. The number of hydrogen-bond donors (Lipinski definition) is 1. The van der Waals surface area contributed by atoms with Gasteiger partial charge >= 0.3 is 0 Å². The van der Waals surface area contributed by atoms with Crippen molar-refractivity contribution in [3.05, 3.63) is 55.8 Å². The molecule has 0 aliphatic rings. The number of thiophene rings is 1. The van der Waals surface area contributed by atoms with Gasteiger partial charge in [-0.2, -0.15) is 0 Å². The van der Waals surface area contributed by atoms with E-state index in [1.54, 1.807) is 11.3 Å². The van der Waals surface area contributed by atoms with Crippen LogP contribution >= 0.6 is 46.3 Å². The van der Waals surface area contributed by atoms with Crippen LogP contribution in [0.5, 0.6) is 0 Å². The van der Waals surface area contributed by atoms with Crippen LogP contribution in [0.4, 0.5) is 0 Å². The molecule has 1 heterocycles. The highest BCUT2D eigenvalue weighted by molar-refractivity contribution is 14.1. The topological polar surface area (TPSA) is 26.0 Å². The fraction of sp³-hybridized carbons (Fsp3) is 0.0909. The minimum atomic E-state index is 0. The van der Waals surface area contributed by atoms with Gasteiger partial charge in [0.1, 0.15) is 0 Å². The molecular weight excluding hydrogens is 341 g/mol. The van der Waals surface area contributed by atoms with Crippen LogP contribution in [0.25, 0.3) is 0 Å². The highest BCUT2D eigenvalue weighted by Gasteiger charge is 2.08. The molecular formula is C11H11ClINS. The Bertz CT molecular complexity index is 399. The summed E-state index contributed by atoms with van der Waals surface area (Å²) in [4.78, 5) is 1.21. The Morgan fingerprint density at radius 3 is 2.33 bits per heavy atom. The van der Waals surface area contributed by atoms with Gasteiger partial charge in [-0.05, 0) is 51.7 Å². The normalized spacial score (nSPS) is 11.9. The monoisotopic (exact) mass is 351 g/mol. The number of halogens is 2. The molecule has 0 saturated carbocycles. The zero-order valence-corrected chi connectivity index (χ0v) is 11.7. The smallest absolute Gasteiger partial charge is 0.0646 e. The maximum atomic E-state index is 6.12. The van der Waals surface area contributed by atoms with Crippen LogP contribution in [-0.4, -0.2) is 0 Å². The SMILES string of the molecule is Cl.N[C@@H](c1ccc(I)cc1)c1cccs1. The van der Waals surface area contributed by atoms with Gasteiger partial charge in [0.25, 0.3) is 0 Å². The lowest BCUT2D eigenvalue weighted by molar-refractivity contribution is 0.893. The van der Waals surface area contributed by atoms with Crippen molar-refractivity contribution in [2.24, 2.45) is 5.73 Å². The first kappa shape index (κ1) is 13.0. The Morgan fingerprint density at radius 1 is 1.13 bits per heavy atom. The molecule has 0 unspecified atom stereocenters. The minimum Gasteiger partial charge on any atom is -0.320 e. The Hall–Kier alpha value is -0.100. The van der Waals surface area contributed by atoms with E-state index in [1.807, 2.05) is 6.07 Å². The van der Waals surface area contributed by atoms with Gasteiger partial charge in [-0.3, -0.25) is 0 Å². The number of nitrogens with two attached hydrogens (primary N) is 1. The molecule has 0 radical (unpaired) electrons. The van der Waals surface area contributed by atoms with Gasteiger partial charge in [0.2, 0.25) is 0 Å². The summed E-state index contributed by atoms with van der Waals surface area (Å²) in [6.07, 6.45) is 0. The summed E-state index contributed by atoms with van der Waals surface area (Å²) in [5.74, 6) is 0. The van der Waals surface area contributed by atoms with E-state index >= 15 is 0 Å². The standard InChI is InChI=1S/C11H10INS.ClH/c12-9-5-3-8(4-6-9)11(13)10-2-1-7-14-10;/h1-7,11H,13H2;1H/t11-;/m0./s1. The first-order chi connectivity index (χ1) is 6.77. The number of rotatable bonds is 2. The highest BCUT2D eigenvalue weighted by Crippen LogP contribution is 2.23. The predicted octanol–water partition coefficient (Wildman–Crippen LogP) is 3.82. The molecule has 0 spiro atoms. The second-order valence-corrected chi connectivity index (χ2v) is 5.27. The molecule has 80 valence electrons. The Morgan fingerprint density at radius 2 is 1.80 bits per heavy atom. The van der Waals surface area contributed by atoms with E-state index in [4.69, 9.17) is 5.73 Å². The van der Waals surface area contributed by atoms with Crippen LogP contribution in [0.15, 0.2) is 41.8 Å². The van der Waals surface area contributed by atoms with Crippen LogP contribution in [0.2, 0.25) is 0 Å². The molecule has 0 aliphatic heterocycles. The predicted molar refractivity (Wildman–Crippen MR) is 76.8 cm³/mol. The molecule has 4 heteroatoms. The molecule has 2 aromatic rings. The van der Waals surface area contributed by atoms with Crippen LogP contribution in [-0.2, 0) is 0 Å². The molecule has 0 aliphatic carbocycles. The van der Waals surface area contributed by atoms with Gasteiger partial charge in [0.15, 0.2) is 0 Å². The quantitative estimate of drug-likeness (QED) is 0.818. The molecule has 2 rings (SSSR count). The highest BCUT2D eigenvalue weighted by atomic mass is 127. The lowest BCUT2D eigenvalue weighted by Crippen LogP contribution is -2.09. The average molecular weight is 352 g/mol. The number of hydrogen-bond acceptors (Lipinski definition) is 2. The van der Waals surface area contributed by atoms with Crippen LogP contribution in [0.3, 0.4) is 0 Å². The molecule has 1 aromatic carbocycles. The fourth-order valence-electron chi connectivity index (χ4n) is 1.30. The summed E-state index contributed by atoms with van der Waals surface area (Å²) >= 11 is 4.00. The molecule has 15 heavy (non-hydrogen) atoms. The van der Waals surface area contributed by atoms with Crippen molar-refractivity contribution in [3.63, 3.8) is 0 Å². The van der Waals surface area contributed by atoms with Crippen molar-refractivity contribution in [3.8, 4) is 0 Å². The van der Waals surface area contributed by atoms with Gasteiger partial charge < -0.3 is 5.73 Å². The maximum absolute atomic E-state index is 6.12. The second kappa shape index (κ2) is 5.84. The Balaban J connectivity index is 0.00000112. The van der Waals surface area contributed by atoms with Crippen LogP contribution < -0.4 is 5.73 Å². The summed E-state index contributed by atoms with van der Waals surface area (Å²) in [6.45, 7) is 0. The van der Waals surface area contributed by atoms with E-state index < -0.39 is 0 Å². The third-order valence-corrected chi connectivity index (χ3v) is 3.75. The summed E-state index contributed by atoms with van der Waals surface area (Å²) in [5.41, 5.74) is 7.29. The Labute approximate surface area is 113 Å². The largest absolute Gasteiger partial charge is 0.320 e. The van der Waals surface area contributed by atoms with Crippen molar-refractivity contribution in [1.29, 1.82) is 0 Å². The van der Waals surface area contributed by atoms with Crippen molar-refractivity contribution in [1.82, 2.24) is 0 Å². The van der Waals surface area contributed by atoms with E-state index in [-0.39, 0.29) is 18.4 Å². The lowest BCUT2D eigenvalue weighted by Gasteiger charge is -2.09. The maximum Gasteiger partial charge on any atom is 0.0646 e. The van der Waals surface area contributed by atoms with E-state index in [2.05, 4.69) is 58.3 Å². The van der Waals surface area contributed by atoms with E-state index in [9.17, 15) is 0 Å². The summed E-state index contributed by atoms with van der Waals surface area (Å²) < 4.78 is 1.24. The van der Waals surface area contributed by atoms with Crippen molar-refractivity contribution >= 4 is 46.3 Å². The van der Waals surface area contributed by atoms with Crippen LogP contribution in [0, 0.1) is 3.57 Å². The molecule has 0 fully saturated rings. The summed E-state index contributed by atoms with van der Waals surface area (Å²) in [7, 11) is 0. The van der Waals surface area contributed by atoms with Crippen molar-refractivity contribution in [2.45, 2.75) is 6.04 Å². The lowest BCUT2D eigenvalue weighted by atomic mass is 10.1. The summed E-state index contributed by atoms with van der Waals surface area (Å²) in [5, 5.41) is 2.06. The van der Waals surface area contributed by atoms with E-state index in [0.29, 0.717) is 0 Å². The van der Waals surface area contributed by atoms with Crippen molar-refractivity contribution < 1.29 is 0 Å². The Kier molecular flexibility index (Phi) is 5.05. The number of benzene rings is 1. The van der Waals surface area contributed by atoms with Gasteiger partial charge in [-0.25, -0.2) is 0 Å². The van der Waals surface area contributed by atoms with Gasteiger partial charge in [-0.15, -0.1) is 23.7 Å². The molecule has 0 bridgehead atoms. The van der Waals surface area contributed by atoms with E-state index in [0.717, 1.165) is 0 Å². The molecule has 1 nitrogen and oxygen atoms in total. The van der Waals surface area contributed by atoms with Crippen LogP contribution in [0.1, 0.15) is 16.5 Å². The van der Waals surface area contributed by atoms with Gasteiger partial charge in [-0.1, -0.05) is 18.2 Å². The zero-order valence-electron chi connectivity index (χ0n) is 7.89. The third kappa shape index (κ3) is 3.17. The van der Waals surface area contributed by atoms with Gasteiger partial charge in [0, 0.05) is 8.45 Å². The fourth-order valence-corrected chi connectivity index (χ4v) is 2.42. The molecule has 1 aromatic heterocycles. The van der Waals surface area contributed by atoms with Crippen molar-refractivity contribution in [2.75, 3.05) is 0 Å². The molecule has 1 atom stereocenters. The second-order valence-electron chi connectivity index (χ2n) is 3.04. The third-order valence-electron chi connectivity index (χ3n) is 2.08. The first-order valence-corrected chi connectivity index (χ1v) is 6.27. The zero-order chi connectivity index (χ0) is 9.97. The van der Waals surface area contributed by atoms with E-state index in [1.165, 1.54) is 14.0 Å². The van der Waals surface area contributed by atoms with Gasteiger partial charge in [0.05, 0.1) is 6.04 Å². The minimum absolute atomic E-state index is 0. The molecule has 0 amide bonds. The molecule has 0 saturated heterocycles. The summed E-state index contributed by atoms with van der Waals surface area (Å²) in [6, 6.07) is 12.5. The first-order valence-electron chi connectivity index (χ1n) is 4.32.